The normalized spacial score (nSPS) is 22.7. The van der Waals surface area contributed by atoms with E-state index in [9.17, 15) is 9.59 Å². The number of aromatic nitrogens is 5. The standard InChI is InChI=1S/C39H51N9O5/c1-24-13-27-15-33(41-24)31-17-40-44(5)36(31)52-22-26-8-7-25(14-26)18-48-34-16-28(9-10-32(34)42-37(48)43-35(27)49)45-11-12-47(30(21-45)23-51-6)29-19-46(20-29)38(50)53-39(2,3)4/h9-10,13,15-17,25-26,29-30H,7-8,11-12,14,18-23H2,1-6H3,(H,42,43,49)/t25-,26?,30+/m1/s1. The van der Waals surface area contributed by atoms with Crippen LogP contribution in [0.3, 0.4) is 0 Å². The Morgan fingerprint density at radius 1 is 1.04 bits per heavy atom. The summed E-state index contributed by atoms with van der Waals surface area (Å²) in [7, 11) is 3.62. The first-order valence-electron chi connectivity index (χ1n) is 18.9. The molecule has 14 heteroatoms. The van der Waals surface area contributed by atoms with Gasteiger partial charge < -0.3 is 28.6 Å². The highest BCUT2D eigenvalue weighted by molar-refractivity contribution is 6.05. The molecule has 2 amide bonds. The number of ether oxygens (including phenoxy) is 3. The molecule has 1 saturated carbocycles. The molecule has 1 aromatic carbocycles. The van der Waals surface area contributed by atoms with E-state index in [4.69, 9.17) is 24.2 Å². The summed E-state index contributed by atoms with van der Waals surface area (Å²) in [6, 6.07) is 10.5. The number of pyridine rings is 1. The number of fused-ring (bicyclic) bond motifs is 9. The largest absolute Gasteiger partial charge is 0.477 e. The first-order valence-corrected chi connectivity index (χ1v) is 18.9. The number of imidazole rings is 1. The molecule has 3 fully saturated rings. The van der Waals surface area contributed by atoms with Gasteiger partial charge in [-0.3, -0.25) is 20.0 Å². The van der Waals surface area contributed by atoms with Crippen molar-refractivity contribution < 1.29 is 23.8 Å². The number of anilines is 2. The summed E-state index contributed by atoms with van der Waals surface area (Å²) in [6.07, 6.45) is 4.69. The lowest BCUT2D eigenvalue weighted by atomic mass is 10.0. The number of amides is 2. The number of aryl methyl sites for hydroxylation is 2. The number of nitrogens with zero attached hydrogens (tertiary/aromatic N) is 8. The molecule has 3 aliphatic heterocycles. The fraction of sp³-hybridized carbons (Fsp3) is 0.564. The number of hydrogen-bond acceptors (Lipinski definition) is 10. The van der Waals surface area contributed by atoms with Crippen molar-refractivity contribution in [2.24, 2.45) is 18.9 Å². The highest BCUT2D eigenvalue weighted by Crippen LogP contribution is 2.37. The third-order valence-corrected chi connectivity index (χ3v) is 11.1. The molecular formula is C39H51N9O5. The zero-order valence-electron chi connectivity index (χ0n) is 31.7. The Bertz CT molecular complexity index is 2010. The van der Waals surface area contributed by atoms with Gasteiger partial charge in [-0.2, -0.15) is 5.10 Å². The lowest BCUT2D eigenvalue weighted by Crippen LogP contribution is -2.68. The van der Waals surface area contributed by atoms with Crippen LogP contribution in [0.15, 0.2) is 36.5 Å². The van der Waals surface area contributed by atoms with Crippen molar-refractivity contribution in [3.05, 3.63) is 47.8 Å². The number of benzene rings is 1. The number of methoxy groups -OCH3 is 1. The van der Waals surface area contributed by atoms with E-state index in [-0.39, 0.29) is 24.1 Å². The molecule has 1 unspecified atom stereocenters. The maximum atomic E-state index is 13.9. The Morgan fingerprint density at radius 2 is 1.85 bits per heavy atom. The second kappa shape index (κ2) is 13.9. The molecule has 14 nitrogen and oxygen atoms in total. The van der Waals surface area contributed by atoms with Gasteiger partial charge in [0.2, 0.25) is 11.8 Å². The molecule has 4 aliphatic rings. The van der Waals surface area contributed by atoms with Crippen LogP contribution in [-0.4, -0.2) is 117 Å². The number of piperazine rings is 1. The third kappa shape index (κ3) is 7.18. The van der Waals surface area contributed by atoms with Gasteiger partial charge in [0, 0.05) is 76.4 Å². The second-order valence-corrected chi connectivity index (χ2v) is 16.2. The minimum Gasteiger partial charge on any atom is -0.477 e. The van der Waals surface area contributed by atoms with Crippen LogP contribution in [0, 0.1) is 18.8 Å². The average molecular weight is 726 g/mol. The average Bonchev–Trinajstić information content (AvgIpc) is 3.79. The van der Waals surface area contributed by atoms with Crippen LogP contribution in [0.25, 0.3) is 22.3 Å². The SMILES string of the molecule is COC[C@@H]1CN(c2ccc3nc4n(c3c2)C[C@@H]2CCC(COc3c(cnn3C)-c3cc(cc(C)n3)C(=O)N4)C2)CCN1C1CN(C(=O)OC(C)(C)C)C1. The molecule has 6 heterocycles. The Labute approximate surface area is 310 Å². The van der Waals surface area contributed by atoms with E-state index in [1.807, 2.05) is 34.7 Å². The Morgan fingerprint density at radius 3 is 2.64 bits per heavy atom. The highest BCUT2D eigenvalue weighted by Gasteiger charge is 2.41. The summed E-state index contributed by atoms with van der Waals surface area (Å²) in [5.41, 5.74) is 5.12. The molecular weight excluding hydrogens is 674 g/mol. The Kier molecular flexibility index (Phi) is 9.30. The van der Waals surface area contributed by atoms with Crippen molar-refractivity contribution in [1.29, 1.82) is 0 Å². The summed E-state index contributed by atoms with van der Waals surface area (Å²) >= 11 is 0. The van der Waals surface area contributed by atoms with Crippen LogP contribution < -0.4 is 15.0 Å². The molecule has 1 aliphatic carbocycles. The first-order chi connectivity index (χ1) is 25.4. The van der Waals surface area contributed by atoms with Crippen LogP contribution in [0.5, 0.6) is 5.88 Å². The van der Waals surface area contributed by atoms with E-state index >= 15 is 0 Å². The maximum Gasteiger partial charge on any atom is 0.410 e. The van der Waals surface area contributed by atoms with Crippen molar-refractivity contribution in [3.8, 4) is 17.1 Å². The molecule has 8 rings (SSSR count). The molecule has 53 heavy (non-hydrogen) atoms. The minimum absolute atomic E-state index is 0.172. The van der Waals surface area contributed by atoms with Gasteiger partial charge in [0.1, 0.15) is 5.60 Å². The Balaban J connectivity index is 1.06. The fourth-order valence-corrected chi connectivity index (χ4v) is 8.49. The second-order valence-electron chi connectivity index (χ2n) is 16.2. The molecule has 3 atom stereocenters. The van der Waals surface area contributed by atoms with E-state index in [0.29, 0.717) is 61.2 Å². The summed E-state index contributed by atoms with van der Waals surface area (Å²) in [6.45, 7) is 13.4. The zero-order valence-corrected chi connectivity index (χ0v) is 31.7. The van der Waals surface area contributed by atoms with E-state index in [1.165, 1.54) is 0 Å². The molecule has 1 N–H and O–H groups in total. The van der Waals surface area contributed by atoms with Gasteiger partial charge >= 0.3 is 6.09 Å². The quantitative estimate of drug-likeness (QED) is 0.308. The highest BCUT2D eigenvalue weighted by atomic mass is 16.6. The van der Waals surface area contributed by atoms with Gasteiger partial charge in [0.15, 0.2) is 0 Å². The topological polar surface area (TPSA) is 132 Å². The van der Waals surface area contributed by atoms with Crippen LogP contribution in [0.1, 0.15) is 56.1 Å². The number of nitrogens with one attached hydrogen (secondary N) is 1. The first kappa shape index (κ1) is 35.3. The van der Waals surface area contributed by atoms with Crippen molar-refractivity contribution >= 4 is 34.7 Å². The van der Waals surface area contributed by atoms with Gasteiger partial charge in [-0.25, -0.2) is 14.5 Å². The lowest BCUT2D eigenvalue weighted by Gasteiger charge is -2.51. The molecule has 282 valence electrons. The summed E-state index contributed by atoms with van der Waals surface area (Å²) in [5.74, 6) is 1.82. The maximum absolute atomic E-state index is 13.9. The Hall–Kier alpha value is -4.69. The lowest BCUT2D eigenvalue weighted by molar-refractivity contribution is -0.0364. The van der Waals surface area contributed by atoms with E-state index < -0.39 is 5.60 Å². The minimum atomic E-state index is -0.510. The zero-order chi connectivity index (χ0) is 37.0. The predicted octanol–water partition coefficient (Wildman–Crippen LogP) is 4.96. The van der Waals surface area contributed by atoms with Crippen molar-refractivity contribution in [2.45, 2.75) is 71.2 Å². The molecule has 4 aromatic rings. The monoisotopic (exact) mass is 725 g/mol. The molecule has 0 spiro atoms. The smallest absolute Gasteiger partial charge is 0.410 e. The summed E-state index contributed by atoms with van der Waals surface area (Å²) in [4.78, 5) is 43.0. The van der Waals surface area contributed by atoms with Crippen LogP contribution in [-0.2, 0) is 23.1 Å². The predicted molar refractivity (Wildman–Crippen MR) is 201 cm³/mol. The van der Waals surface area contributed by atoms with E-state index in [1.54, 1.807) is 35.0 Å². The number of hydrogen-bond donors (Lipinski definition) is 1. The summed E-state index contributed by atoms with van der Waals surface area (Å²) in [5, 5.41) is 7.64. The number of carbonyl (C=O) groups is 2. The third-order valence-electron chi connectivity index (χ3n) is 11.1. The molecule has 2 saturated heterocycles. The van der Waals surface area contributed by atoms with Crippen LogP contribution in [0.2, 0.25) is 0 Å². The molecule has 0 radical (unpaired) electrons. The van der Waals surface area contributed by atoms with Gasteiger partial charge in [-0.05, 0) is 89.1 Å². The van der Waals surface area contributed by atoms with Gasteiger partial charge in [-0.15, -0.1) is 0 Å². The number of carbonyl (C=O) groups excluding carboxylic acids is 2. The van der Waals surface area contributed by atoms with Crippen molar-refractivity contribution in [1.82, 2.24) is 34.1 Å². The van der Waals surface area contributed by atoms with Gasteiger partial charge in [0.25, 0.3) is 5.91 Å². The summed E-state index contributed by atoms with van der Waals surface area (Å²) < 4.78 is 21.7. The van der Waals surface area contributed by atoms with Crippen molar-refractivity contribution in [2.75, 3.05) is 63.3 Å². The molecule has 3 aromatic heterocycles. The van der Waals surface area contributed by atoms with Gasteiger partial charge in [-0.1, -0.05) is 0 Å². The van der Waals surface area contributed by atoms with Crippen molar-refractivity contribution in [3.63, 3.8) is 0 Å². The number of rotatable bonds is 4. The van der Waals surface area contributed by atoms with Crippen LogP contribution in [0.4, 0.5) is 16.4 Å². The molecule has 4 bridgehead atoms. The van der Waals surface area contributed by atoms with E-state index in [0.717, 1.165) is 73.4 Å². The van der Waals surface area contributed by atoms with E-state index in [2.05, 4.69) is 43.0 Å². The van der Waals surface area contributed by atoms with Gasteiger partial charge in [0.05, 0.1) is 47.7 Å². The number of likely N-dealkylation sites (tertiary alicyclic amines) is 1. The fourth-order valence-electron chi connectivity index (χ4n) is 8.49. The van der Waals surface area contributed by atoms with Crippen LogP contribution >= 0.6 is 0 Å².